The van der Waals surface area contributed by atoms with Crippen LogP contribution in [0.2, 0.25) is 0 Å². The van der Waals surface area contributed by atoms with Crippen LogP contribution in [0.15, 0.2) is 48.5 Å². The van der Waals surface area contributed by atoms with Crippen LogP contribution in [0.4, 0.5) is 5.69 Å². The number of carbonyl (C=O) groups is 2. The van der Waals surface area contributed by atoms with Gasteiger partial charge in [-0.25, -0.2) is 4.79 Å². The quantitative estimate of drug-likeness (QED) is 0.714. The third kappa shape index (κ3) is 3.39. The highest BCUT2D eigenvalue weighted by atomic mass is 16.5. The van der Waals surface area contributed by atoms with Crippen molar-refractivity contribution in [2.45, 2.75) is 13.5 Å². The number of benzene rings is 2. The summed E-state index contributed by atoms with van der Waals surface area (Å²) in [6.07, 6.45) is 0. The molecule has 6 nitrogen and oxygen atoms in total. The van der Waals surface area contributed by atoms with E-state index in [1.54, 1.807) is 19.2 Å². The highest BCUT2D eigenvalue weighted by Gasteiger charge is 2.19. The van der Waals surface area contributed by atoms with E-state index >= 15 is 0 Å². The van der Waals surface area contributed by atoms with Crippen molar-refractivity contribution in [3.63, 3.8) is 0 Å². The van der Waals surface area contributed by atoms with Gasteiger partial charge in [0.25, 0.3) is 0 Å². The highest BCUT2D eigenvalue weighted by Crippen LogP contribution is 2.33. The third-order valence-corrected chi connectivity index (χ3v) is 4.10. The van der Waals surface area contributed by atoms with Gasteiger partial charge < -0.3 is 19.4 Å². The van der Waals surface area contributed by atoms with E-state index in [1.807, 2.05) is 41.0 Å². The monoisotopic (exact) mass is 352 g/mol. The molecule has 1 aromatic heterocycles. The largest absolute Gasteiger partial charge is 0.496 e. The molecule has 0 radical (unpaired) electrons. The Hall–Kier alpha value is -3.28. The molecule has 1 heterocycles. The minimum Gasteiger partial charge on any atom is -0.496 e. The molecule has 0 bridgehead atoms. The number of aromatic nitrogens is 1. The Morgan fingerprint density at radius 3 is 2.42 bits per heavy atom. The van der Waals surface area contributed by atoms with E-state index in [4.69, 9.17) is 9.47 Å². The lowest BCUT2D eigenvalue weighted by Gasteiger charge is -2.12. The Morgan fingerprint density at radius 2 is 1.81 bits per heavy atom. The molecule has 0 unspecified atom stereocenters. The van der Waals surface area contributed by atoms with Gasteiger partial charge in [0.05, 0.1) is 19.7 Å². The van der Waals surface area contributed by atoms with Gasteiger partial charge in [-0.15, -0.1) is 0 Å². The van der Waals surface area contributed by atoms with Gasteiger partial charge in [-0.1, -0.05) is 30.3 Å². The Morgan fingerprint density at radius 1 is 1.08 bits per heavy atom. The molecule has 1 amide bonds. The number of nitrogens with one attached hydrogen (secondary N) is 1. The number of fused-ring (bicyclic) bond motifs is 1. The molecular weight excluding hydrogens is 332 g/mol. The lowest BCUT2D eigenvalue weighted by atomic mass is 10.2. The zero-order chi connectivity index (χ0) is 18.7. The molecule has 1 N–H and O–H groups in total. The summed E-state index contributed by atoms with van der Waals surface area (Å²) in [5, 5.41) is 3.54. The fraction of sp³-hybridized carbons (Fsp3) is 0.200. The predicted octanol–water partition coefficient (Wildman–Crippen LogP) is 3.44. The van der Waals surface area contributed by atoms with E-state index in [2.05, 4.69) is 5.32 Å². The number of methoxy groups -OCH3 is 2. The molecule has 0 atom stereocenters. The summed E-state index contributed by atoms with van der Waals surface area (Å²) in [6, 6.07) is 15.1. The molecule has 0 fully saturated rings. The van der Waals surface area contributed by atoms with E-state index in [0.717, 1.165) is 16.5 Å². The molecule has 0 aliphatic heterocycles. The smallest absolute Gasteiger partial charge is 0.354 e. The fourth-order valence-corrected chi connectivity index (χ4v) is 2.98. The normalized spacial score (nSPS) is 10.6. The standard InChI is InChI=1S/C20H20N2O4/c1-13(23)21-15-9-17-16(19(10-15)25-2)11-18(20(24)26-3)22(17)12-14-7-5-4-6-8-14/h4-11H,12H2,1-3H3,(H,21,23). The first-order chi connectivity index (χ1) is 12.5. The molecule has 0 aliphatic carbocycles. The summed E-state index contributed by atoms with van der Waals surface area (Å²) < 4.78 is 12.3. The van der Waals surface area contributed by atoms with Crippen molar-refractivity contribution in [1.82, 2.24) is 4.57 Å². The van der Waals surface area contributed by atoms with Gasteiger partial charge in [-0.05, 0) is 17.7 Å². The number of hydrogen-bond acceptors (Lipinski definition) is 4. The molecule has 0 aliphatic rings. The summed E-state index contributed by atoms with van der Waals surface area (Å²) in [6.45, 7) is 1.93. The zero-order valence-corrected chi connectivity index (χ0v) is 14.9. The van der Waals surface area contributed by atoms with Crippen molar-refractivity contribution in [3.8, 4) is 5.75 Å². The number of esters is 1. The van der Waals surface area contributed by atoms with Gasteiger partial charge in [0.1, 0.15) is 11.4 Å². The van der Waals surface area contributed by atoms with Crippen LogP contribution in [0.3, 0.4) is 0 Å². The average Bonchev–Trinajstić information content (AvgIpc) is 2.99. The van der Waals surface area contributed by atoms with Crippen LogP contribution in [-0.4, -0.2) is 30.7 Å². The van der Waals surface area contributed by atoms with Gasteiger partial charge in [-0.3, -0.25) is 4.79 Å². The van der Waals surface area contributed by atoms with Gasteiger partial charge in [0.2, 0.25) is 5.91 Å². The van der Waals surface area contributed by atoms with E-state index < -0.39 is 5.97 Å². The maximum absolute atomic E-state index is 12.3. The second-order valence-electron chi connectivity index (χ2n) is 5.89. The van der Waals surface area contributed by atoms with Crippen LogP contribution in [-0.2, 0) is 16.1 Å². The maximum Gasteiger partial charge on any atom is 0.354 e. The van der Waals surface area contributed by atoms with E-state index in [-0.39, 0.29) is 5.91 Å². The lowest BCUT2D eigenvalue weighted by molar-refractivity contribution is -0.114. The van der Waals surface area contributed by atoms with Gasteiger partial charge in [-0.2, -0.15) is 0 Å². The fourth-order valence-electron chi connectivity index (χ4n) is 2.98. The van der Waals surface area contributed by atoms with Crippen LogP contribution >= 0.6 is 0 Å². The zero-order valence-electron chi connectivity index (χ0n) is 14.9. The molecule has 26 heavy (non-hydrogen) atoms. The highest BCUT2D eigenvalue weighted by molar-refractivity contribution is 6.00. The first-order valence-corrected chi connectivity index (χ1v) is 8.14. The number of rotatable bonds is 5. The second kappa shape index (κ2) is 7.31. The van der Waals surface area contributed by atoms with Crippen molar-refractivity contribution >= 4 is 28.5 Å². The Bertz CT molecular complexity index is 961. The molecule has 3 rings (SSSR count). The minimum absolute atomic E-state index is 0.180. The van der Waals surface area contributed by atoms with E-state index in [9.17, 15) is 9.59 Å². The van der Waals surface area contributed by atoms with E-state index in [0.29, 0.717) is 23.7 Å². The van der Waals surface area contributed by atoms with Crippen LogP contribution < -0.4 is 10.1 Å². The number of anilines is 1. The Balaban J connectivity index is 2.23. The van der Waals surface area contributed by atoms with Crippen molar-refractivity contribution in [2.75, 3.05) is 19.5 Å². The van der Waals surface area contributed by atoms with Crippen LogP contribution in [0.5, 0.6) is 5.75 Å². The van der Waals surface area contributed by atoms with Crippen LogP contribution in [0.25, 0.3) is 10.9 Å². The summed E-state index contributed by atoms with van der Waals surface area (Å²) in [4.78, 5) is 23.8. The molecule has 0 spiro atoms. The van der Waals surface area contributed by atoms with Gasteiger partial charge >= 0.3 is 5.97 Å². The van der Waals surface area contributed by atoms with E-state index in [1.165, 1.54) is 14.0 Å². The summed E-state index contributed by atoms with van der Waals surface area (Å²) >= 11 is 0. The summed E-state index contributed by atoms with van der Waals surface area (Å²) in [7, 11) is 2.91. The molecule has 0 saturated heterocycles. The number of hydrogen-bond donors (Lipinski definition) is 1. The van der Waals surface area contributed by atoms with Crippen molar-refractivity contribution < 1.29 is 19.1 Å². The topological polar surface area (TPSA) is 69.6 Å². The minimum atomic E-state index is -0.430. The molecule has 6 heteroatoms. The SMILES string of the molecule is COC(=O)c1cc2c(OC)cc(NC(C)=O)cc2n1Cc1ccccc1. The molecule has 134 valence electrons. The van der Waals surface area contributed by atoms with Crippen molar-refractivity contribution in [2.24, 2.45) is 0 Å². The average molecular weight is 352 g/mol. The summed E-state index contributed by atoms with van der Waals surface area (Å²) in [5.41, 5.74) is 2.84. The predicted molar refractivity (Wildman–Crippen MR) is 99.7 cm³/mol. The molecule has 0 saturated carbocycles. The first-order valence-electron chi connectivity index (χ1n) is 8.14. The Kier molecular flexibility index (Phi) is 4.93. The molecular formula is C20H20N2O4. The lowest BCUT2D eigenvalue weighted by Crippen LogP contribution is -2.11. The number of nitrogens with zero attached hydrogens (tertiary/aromatic N) is 1. The summed E-state index contributed by atoms with van der Waals surface area (Å²) in [5.74, 6) is -0.0377. The number of amides is 1. The maximum atomic E-state index is 12.3. The third-order valence-electron chi connectivity index (χ3n) is 4.10. The van der Waals surface area contributed by atoms with Crippen molar-refractivity contribution in [1.29, 1.82) is 0 Å². The molecule has 3 aromatic rings. The Labute approximate surface area is 151 Å². The number of carbonyl (C=O) groups excluding carboxylic acids is 2. The van der Waals surface area contributed by atoms with Crippen LogP contribution in [0.1, 0.15) is 23.0 Å². The first kappa shape index (κ1) is 17.5. The van der Waals surface area contributed by atoms with Crippen molar-refractivity contribution in [3.05, 3.63) is 59.8 Å². The van der Waals surface area contributed by atoms with Gasteiger partial charge in [0, 0.05) is 30.6 Å². The van der Waals surface area contributed by atoms with Gasteiger partial charge in [0.15, 0.2) is 0 Å². The molecule has 2 aromatic carbocycles. The number of ether oxygens (including phenoxy) is 2. The van der Waals surface area contributed by atoms with Crippen LogP contribution in [0, 0.1) is 0 Å². The second-order valence-corrected chi connectivity index (χ2v) is 5.89.